The first-order chi connectivity index (χ1) is 13.2. The van der Waals surface area contributed by atoms with Crippen LogP contribution in [0.25, 0.3) is 0 Å². The number of nitrogens with one attached hydrogen (secondary N) is 2. The van der Waals surface area contributed by atoms with Crippen molar-refractivity contribution in [3.8, 4) is 6.07 Å². The Morgan fingerprint density at radius 2 is 1.50 bits per heavy atom. The first-order valence-corrected chi connectivity index (χ1v) is 8.04. The number of hydrogen-bond donors (Lipinski definition) is 2. The van der Waals surface area contributed by atoms with Crippen molar-refractivity contribution in [2.75, 3.05) is 10.6 Å². The number of hydrogen-bond acceptors (Lipinski definition) is 7. The van der Waals surface area contributed by atoms with Gasteiger partial charge in [0.1, 0.15) is 21.7 Å². The molecule has 0 radical (unpaired) electrons. The molecule has 0 aliphatic rings. The van der Waals surface area contributed by atoms with Gasteiger partial charge in [0.05, 0.1) is 9.85 Å². The number of nitrogens with zero attached hydrogens (tertiary/aromatic N) is 3. The highest BCUT2D eigenvalue weighted by Gasteiger charge is 2.16. The summed E-state index contributed by atoms with van der Waals surface area (Å²) in [5, 5.41) is 35.7. The van der Waals surface area contributed by atoms with Gasteiger partial charge in [0.15, 0.2) is 0 Å². The van der Waals surface area contributed by atoms with E-state index in [1.807, 2.05) is 0 Å². The summed E-state index contributed by atoms with van der Waals surface area (Å²) in [7, 11) is 0. The average Bonchev–Trinajstić information content (AvgIpc) is 2.64. The normalized spacial score (nSPS) is 10.7. The van der Waals surface area contributed by atoms with E-state index in [0.29, 0.717) is 0 Å². The maximum Gasteiger partial charge on any atom is 0.289 e. The molecule has 0 saturated carbocycles. The molecule has 0 aromatic heterocycles. The highest BCUT2D eigenvalue weighted by atomic mass is 35.5. The predicted octanol–water partition coefficient (Wildman–Crippen LogP) is 4.27. The summed E-state index contributed by atoms with van der Waals surface area (Å²) in [6.45, 7) is 0. The number of nitriles is 1. The van der Waals surface area contributed by atoms with Crippen LogP contribution in [0, 0.1) is 31.6 Å². The zero-order chi connectivity index (χ0) is 20.8. The van der Waals surface area contributed by atoms with Gasteiger partial charge in [-0.15, -0.1) is 0 Å². The molecule has 2 aromatic carbocycles. The second-order valence-corrected chi connectivity index (χ2v) is 5.93. The van der Waals surface area contributed by atoms with Crippen LogP contribution >= 0.6 is 23.2 Å². The van der Waals surface area contributed by atoms with Gasteiger partial charge < -0.3 is 10.6 Å². The molecule has 10 nitrogen and oxygen atoms in total. The van der Waals surface area contributed by atoms with Crippen LogP contribution in [0.4, 0.5) is 22.7 Å². The maximum absolute atomic E-state index is 12.2. The molecule has 12 heteroatoms. The van der Waals surface area contributed by atoms with Crippen LogP contribution in [-0.4, -0.2) is 15.8 Å². The van der Waals surface area contributed by atoms with Crippen molar-refractivity contribution in [3.05, 3.63) is 78.4 Å². The highest BCUT2D eigenvalue weighted by Crippen LogP contribution is 2.28. The predicted molar refractivity (Wildman–Crippen MR) is 102 cm³/mol. The van der Waals surface area contributed by atoms with E-state index in [4.69, 9.17) is 28.5 Å². The van der Waals surface area contributed by atoms with Crippen molar-refractivity contribution in [2.24, 2.45) is 0 Å². The average molecular weight is 422 g/mol. The lowest BCUT2D eigenvalue weighted by molar-refractivity contribution is -0.384. The summed E-state index contributed by atoms with van der Waals surface area (Å²) in [5.41, 5.74) is -0.858. The van der Waals surface area contributed by atoms with Crippen LogP contribution in [0.15, 0.2) is 48.2 Å². The number of carbonyl (C=O) groups is 1. The molecule has 2 rings (SSSR count). The Morgan fingerprint density at radius 1 is 1.00 bits per heavy atom. The molecule has 0 atom stereocenters. The minimum Gasteiger partial charge on any atom is -0.360 e. The van der Waals surface area contributed by atoms with Crippen LogP contribution in [0.2, 0.25) is 10.0 Å². The summed E-state index contributed by atoms with van der Waals surface area (Å²) >= 11 is 11.4. The number of benzene rings is 2. The van der Waals surface area contributed by atoms with Crippen LogP contribution < -0.4 is 10.6 Å². The zero-order valence-corrected chi connectivity index (χ0v) is 15.2. The molecule has 0 spiro atoms. The molecule has 142 valence electrons. The number of halogens is 2. The van der Waals surface area contributed by atoms with Gasteiger partial charge in [-0.25, -0.2) is 0 Å². The Morgan fingerprint density at radius 3 is 2.00 bits per heavy atom. The zero-order valence-electron chi connectivity index (χ0n) is 13.7. The van der Waals surface area contributed by atoms with Gasteiger partial charge in [-0.3, -0.25) is 25.0 Å². The lowest BCUT2D eigenvalue weighted by atomic mass is 10.2. The molecule has 2 aromatic rings. The van der Waals surface area contributed by atoms with Crippen molar-refractivity contribution in [1.29, 1.82) is 5.26 Å². The van der Waals surface area contributed by atoms with Gasteiger partial charge in [-0.2, -0.15) is 5.26 Å². The fourth-order valence-electron chi connectivity index (χ4n) is 1.98. The van der Waals surface area contributed by atoms with Crippen LogP contribution in [-0.2, 0) is 4.79 Å². The van der Waals surface area contributed by atoms with Crippen LogP contribution in [0.1, 0.15) is 0 Å². The molecule has 0 aliphatic carbocycles. The molecular weight excluding hydrogens is 413 g/mol. The maximum atomic E-state index is 12.2. The van der Waals surface area contributed by atoms with E-state index in [1.54, 1.807) is 6.07 Å². The number of rotatable bonds is 6. The third-order valence-corrected chi connectivity index (χ3v) is 3.93. The van der Waals surface area contributed by atoms with Crippen molar-refractivity contribution in [1.82, 2.24) is 0 Å². The van der Waals surface area contributed by atoms with Crippen LogP contribution in [0.5, 0.6) is 0 Å². The third kappa shape index (κ3) is 4.94. The van der Waals surface area contributed by atoms with Crippen molar-refractivity contribution < 1.29 is 14.6 Å². The second kappa shape index (κ2) is 8.81. The molecule has 0 unspecified atom stereocenters. The van der Waals surface area contributed by atoms with E-state index in [1.165, 1.54) is 24.3 Å². The highest BCUT2D eigenvalue weighted by molar-refractivity contribution is 6.33. The Hall–Kier alpha value is -3.68. The number of nitro groups is 2. The first-order valence-electron chi connectivity index (χ1n) is 7.29. The summed E-state index contributed by atoms with van der Waals surface area (Å²) in [6.07, 6.45) is 1.03. The summed E-state index contributed by atoms with van der Waals surface area (Å²) < 4.78 is 0. The smallest absolute Gasteiger partial charge is 0.289 e. The molecule has 1 amide bonds. The molecule has 0 saturated heterocycles. The molecular formula is C16H9Cl2N5O5. The number of nitro benzene ring substituents is 2. The van der Waals surface area contributed by atoms with Crippen molar-refractivity contribution in [2.45, 2.75) is 0 Å². The van der Waals surface area contributed by atoms with Gasteiger partial charge >= 0.3 is 0 Å². The minimum atomic E-state index is -0.852. The number of carbonyl (C=O) groups excluding carboxylic acids is 1. The van der Waals surface area contributed by atoms with Crippen LogP contribution in [0.3, 0.4) is 0 Å². The summed E-state index contributed by atoms with van der Waals surface area (Å²) in [4.78, 5) is 32.6. The second-order valence-electron chi connectivity index (χ2n) is 5.11. The Labute approximate surface area is 167 Å². The molecule has 0 aliphatic heterocycles. The monoisotopic (exact) mass is 421 g/mol. The van der Waals surface area contributed by atoms with Crippen molar-refractivity contribution in [3.63, 3.8) is 0 Å². The largest absolute Gasteiger partial charge is 0.360 e. The fourth-order valence-corrected chi connectivity index (χ4v) is 2.35. The van der Waals surface area contributed by atoms with E-state index in [9.17, 15) is 25.0 Å². The van der Waals surface area contributed by atoms with E-state index >= 15 is 0 Å². The van der Waals surface area contributed by atoms with E-state index in [2.05, 4.69) is 10.6 Å². The minimum absolute atomic E-state index is 0.0596. The third-order valence-electron chi connectivity index (χ3n) is 3.29. The molecule has 0 heterocycles. The molecule has 2 N–H and O–H groups in total. The molecule has 0 bridgehead atoms. The quantitative estimate of drug-likeness (QED) is 0.305. The lowest BCUT2D eigenvalue weighted by Gasteiger charge is -2.06. The van der Waals surface area contributed by atoms with Gasteiger partial charge in [0.2, 0.25) is 0 Å². The number of amides is 1. The topological polar surface area (TPSA) is 151 Å². The SMILES string of the molecule is N#C/C(=C/Nc1ccc(Cl)c([N+](=O)[O-])c1)C(=O)Nc1ccc(Cl)c([N+](=O)[O-])c1. The Balaban J connectivity index is 2.19. The Bertz CT molecular complexity index is 1050. The molecule has 0 fully saturated rings. The Kier molecular flexibility index (Phi) is 6.49. The summed E-state index contributed by atoms with van der Waals surface area (Å²) in [5.74, 6) is -0.852. The standard InChI is InChI=1S/C16H9Cl2N5O5/c17-12-3-1-10(5-14(12)22(25)26)20-8-9(7-19)16(24)21-11-2-4-13(18)15(6-11)23(27)28/h1-6,8,20H,(H,21,24)/b9-8-. The fraction of sp³-hybridized carbons (Fsp3) is 0. The van der Waals surface area contributed by atoms with Gasteiger partial charge in [0, 0.05) is 29.7 Å². The lowest BCUT2D eigenvalue weighted by Crippen LogP contribution is -2.14. The number of anilines is 2. The van der Waals surface area contributed by atoms with E-state index in [0.717, 1.165) is 18.3 Å². The van der Waals surface area contributed by atoms with E-state index < -0.39 is 21.4 Å². The van der Waals surface area contributed by atoms with E-state index in [-0.39, 0.29) is 32.7 Å². The molecule has 28 heavy (non-hydrogen) atoms. The van der Waals surface area contributed by atoms with Gasteiger partial charge in [-0.1, -0.05) is 23.2 Å². The van der Waals surface area contributed by atoms with Crippen molar-refractivity contribution >= 4 is 51.9 Å². The first kappa shape index (κ1) is 20.6. The summed E-state index contributed by atoms with van der Waals surface area (Å²) in [6, 6.07) is 9.10. The van der Waals surface area contributed by atoms with Gasteiger partial charge in [0.25, 0.3) is 17.3 Å². The van der Waals surface area contributed by atoms with Gasteiger partial charge in [-0.05, 0) is 24.3 Å².